The zero-order valence-electron chi connectivity index (χ0n) is 13.7. The molecule has 1 aromatic carbocycles. The molecule has 1 saturated heterocycles. The van der Waals surface area contributed by atoms with Gasteiger partial charge in [0, 0.05) is 31.7 Å². The zero-order chi connectivity index (χ0) is 15.4. The summed E-state index contributed by atoms with van der Waals surface area (Å²) in [5, 5.41) is 13.8. The molecule has 3 nitrogen and oxygen atoms in total. The molecule has 2 N–H and O–H groups in total. The van der Waals surface area contributed by atoms with Gasteiger partial charge < -0.3 is 10.4 Å². The van der Waals surface area contributed by atoms with Gasteiger partial charge >= 0.3 is 0 Å². The molecule has 0 bridgehead atoms. The number of hydrogen-bond acceptors (Lipinski definition) is 3. The summed E-state index contributed by atoms with van der Waals surface area (Å²) in [5.41, 5.74) is 1.34. The molecular weight excluding hydrogens is 272 g/mol. The Kier molecular flexibility index (Phi) is 5.51. The molecular formula is C19H30N2O. The van der Waals surface area contributed by atoms with Gasteiger partial charge in [-0.3, -0.25) is 4.90 Å². The van der Waals surface area contributed by atoms with Crippen LogP contribution in [0.25, 0.3) is 0 Å². The van der Waals surface area contributed by atoms with Crippen LogP contribution in [0.3, 0.4) is 0 Å². The molecule has 3 rings (SSSR count). The Balaban J connectivity index is 1.59. The van der Waals surface area contributed by atoms with Crippen LogP contribution in [0.15, 0.2) is 30.3 Å². The van der Waals surface area contributed by atoms with E-state index in [2.05, 4.69) is 40.5 Å². The Morgan fingerprint density at radius 1 is 1.18 bits per heavy atom. The van der Waals surface area contributed by atoms with Crippen LogP contribution < -0.4 is 5.32 Å². The highest BCUT2D eigenvalue weighted by Gasteiger charge is 2.33. The van der Waals surface area contributed by atoms with Gasteiger partial charge in [-0.25, -0.2) is 0 Å². The molecule has 2 fully saturated rings. The lowest BCUT2D eigenvalue weighted by Gasteiger charge is -2.42. The van der Waals surface area contributed by atoms with E-state index in [1.807, 2.05) is 6.92 Å². The third kappa shape index (κ3) is 4.09. The molecule has 3 heteroatoms. The fraction of sp³-hybridized carbons (Fsp3) is 0.684. The Labute approximate surface area is 134 Å². The van der Waals surface area contributed by atoms with Crippen molar-refractivity contribution >= 4 is 0 Å². The highest BCUT2D eigenvalue weighted by atomic mass is 16.3. The fourth-order valence-electron chi connectivity index (χ4n) is 4.10. The van der Waals surface area contributed by atoms with Gasteiger partial charge in [-0.1, -0.05) is 43.2 Å². The maximum absolute atomic E-state index is 10.1. The first-order chi connectivity index (χ1) is 10.7. The van der Waals surface area contributed by atoms with Gasteiger partial charge in [-0.05, 0) is 37.7 Å². The van der Waals surface area contributed by atoms with Gasteiger partial charge in [0.1, 0.15) is 0 Å². The molecule has 1 saturated carbocycles. The van der Waals surface area contributed by atoms with Gasteiger partial charge in [-0.2, -0.15) is 0 Å². The summed E-state index contributed by atoms with van der Waals surface area (Å²) in [6.07, 6.45) is 6.33. The molecule has 0 amide bonds. The van der Waals surface area contributed by atoms with Gasteiger partial charge in [-0.15, -0.1) is 0 Å². The van der Waals surface area contributed by atoms with Crippen LogP contribution in [0.5, 0.6) is 0 Å². The lowest BCUT2D eigenvalue weighted by Crippen LogP contribution is -2.53. The Bertz CT molecular complexity index is 442. The molecule has 0 aromatic heterocycles. The van der Waals surface area contributed by atoms with Gasteiger partial charge in [0.2, 0.25) is 0 Å². The number of benzene rings is 1. The minimum absolute atomic E-state index is 0.203. The Morgan fingerprint density at radius 2 is 1.91 bits per heavy atom. The van der Waals surface area contributed by atoms with Crippen molar-refractivity contribution in [2.75, 3.05) is 13.1 Å². The smallest absolute Gasteiger partial charge is 0.0553 e. The number of nitrogens with zero attached hydrogens (tertiary/aromatic N) is 1. The minimum atomic E-state index is -0.203. The molecule has 3 atom stereocenters. The van der Waals surface area contributed by atoms with E-state index in [0.29, 0.717) is 12.0 Å². The first kappa shape index (κ1) is 16.0. The Hall–Kier alpha value is -0.900. The molecule has 1 heterocycles. The van der Waals surface area contributed by atoms with E-state index in [9.17, 15) is 5.11 Å². The number of nitrogens with one attached hydrogen (secondary N) is 1. The van der Waals surface area contributed by atoms with Crippen molar-refractivity contribution in [2.45, 2.75) is 63.8 Å². The summed E-state index contributed by atoms with van der Waals surface area (Å²) in [5.74, 6) is 0.405. The first-order valence-electron chi connectivity index (χ1n) is 8.92. The standard InChI is InChI=1S/C19H30N2O/c1-15(22)17-11-18(20-12-16-7-3-2-4-8-16)14-21(13-17)19-9-5-6-10-19/h2-4,7-8,15,17-20,22H,5-6,9-14H2,1H3. The first-order valence-corrected chi connectivity index (χ1v) is 8.92. The molecule has 1 aliphatic heterocycles. The normalized spacial score (nSPS) is 28.8. The molecule has 0 spiro atoms. The summed E-state index contributed by atoms with van der Waals surface area (Å²) < 4.78 is 0. The number of hydrogen-bond donors (Lipinski definition) is 2. The van der Waals surface area contributed by atoms with Gasteiger partial charge in [0.25, 0.3) is 0 Å². The van der Waals surface area contributed by atoms with Crippen molar-refractivity contribution in [3.8, 4) is 0 Å². The average molecular weight is 302 g/mol. The van der Waals surface area contributed by atoms with Crippen LogP contribution in [0.1, 0.15) is 44.6 Å². The van der Waals surface area contributed by atoms with Gasteiger partial charge in [0.05, 0.1) is 6.10 Å². The molecule has 1 aromatic rings. The number of piperidine rings is 1. The summed E-state index contributed by atoms with van der Waals surface area (Å²) in [6.45, 7) is 5.10. The highest BCUT2D eigenvalue weighted by molar-refractivity contribution is 5.14. The number of aliphatic hydroxyl groups is 1. The van der Waals surface area contributed by atoms with Crippen LogP contribution in [-0.2, 0) is 6.54 Å². The number of rotatable bonds is 5. The zero-order valence-corrected chi connectivity index (χ0v) is 13.7. The molecule has 22 heavy (non-hydrogen) atoms. The molecule has 3 unspecified atom stereocenters. The van der Waals surface area contributed by atoms with Crippen LogP contribution >= 0.6 is 0 Å². The van der Waals surface area contributed by atoms with Crippen molar-refractivity contribution in [1.82, 2.24) is 10.2 Å². The third-order valence-corrected chi connectivity index (χ3v) is 5.47. The van der Waals surface area contributed by atoms with Gasteiger partial charge in [0.15, 0.2) is 0 Å². The summed E-state index contributed by atoms with van der Waals surface area (Å²) >= 11 is 0. The molecule has 2 aliphatic rings. The maximum atomic E-state index is 10.1. The fourth-order valence-corrected chi connectivity index (χ4v) is 4.10. The SMILES string of the molecule is CC(O)C1CC(NCc2ccccc2)CN(C2CCCC2)C1. The van der Waals surface area contributed by atoms with E-state index < -0.39 is 0 Å². The second-order valence-corrected chi connectivity index (χ2v) is 7.19. The van der Waals surface area contributed by atoms with Crippen molar-refractivity contribution in [2.24, 2.45) is 5.92 Å². The predicted molar refractivity (Wildman–Crippen MR) is 90.7 cm³/mol. The van der Waals surface area contributed by atoms with Crippen molar-refractivity contribution in [3.63, 3.8) is 0 Å². The number of aliphatic hydroxyl groups excluding tert-OH is 1. The van der Waals surface area contributed by atoms with Crippen LogP contribution in [0.2, 0.25) is 0 Å². The highest BCUT2D eigenvalue weighted by Crippen LogP contribution is 2.29. The van der Waals surface area contributed by atoms with Crippen LogP contribution in [-0.4, -0.2) is 41.3 Å². The van der Waals surface area contributed by atoms with E-state index in [1.165, 1.54) is 31.2 Å². The molecule has 0 radical (unpaired) electrons. The minimum Gasteiger partial charge on any atom is -0.393 e. The van der Waals surface area contributed by atoms with E-state index in [0.717, 1.165) is 32.1 Å². The van der Waals surface area contributed by atoms with Crippen molar-refractivity contribution in [3.05, 3.63) is 35.9 Å². The third-order valence-electron chi connectivity index (χ3n) is 5.47. The van der Waals surface area contributed by atoms with E-state index in [-0.39, 0.29) is 6.10 Å². The van der Waals surface area contributed by atoms with Crippen LogP contribution in [0, 0.1) is 5.92 Å². The quantitative estimate of drug-likeness (QED) is 0.878. The van der Waals surface area contributed by atoms with E-state index in [1.54, 1.807) is 0 Å². The lowest BCUT2D eigenvalue weighted by molar-refractivity contribution is 0.0298. The van der Waals surface area contributed by atoms with Crippen molar-refractivity contribution < 1.29 is 5.11 Å². The largest absolute Gasteiger partial charge is 0.393 e. The van der Waals surface area contributed by atoms with E-state index >= 15 is 0 Å². The Morgan fingerprint density at radius 3 is 2.59 bits per heavy atom. The monoisotopic (exact) mass is 302 g/mol. The summed E-state index contributed by atoms with van der Waals surface area (Å²) in [6, 6.07) is 11.9. The molecule has 1 aliphatic carbocycles. The van der Waals surface area contributed by atoms with Crippen molar-refractivity contribution in [1.29, 1.82) is 0 Å². The maximum Gasteiger partial charge on any atom is 0.0553 e. The van der Waals surface area contributed by atoms with Crippen LogP contribution in [0.4, 0.5) is 0 Å². The number of likely N-dealkylation sites (tertiary alicyclic amines) is 1. The molecule has 122 valence electrons. The second kappa shape index (κ2) is 7.58. The lowest BCUT2D eigenvalue weighted by atomic mass is 9.89. The predicted octanol–water partition coefficient (Wildman–Crippen LogP) is 2.79. The summed E-state index contributed by atoms with van der Waals surface area (Å²) in [4.78, 5) is 2.65. The van der Waals surface area contributed by atoms with E-state index in [4.69, 9.17) is 0 Å². The second-order valence-electron chi connectivity index (χ2n) is 7.19. The average Bonchev–Trinajstić information content (AvgIpc) is 3.08. The summed E-state index contributed by atoms with van der Waals surface area (Å²) in [7, 11) is 0. The topological polar surface area (TPSA) is 35.5 Å².